The molecule has 0 bridgehead atoms. The first-order valence-corrected chi connectivity index (χ1v) is 12.6. The van der Waals surface area contributed by atoms with E-state index in [1.807, 2.05) is 30.5 Å². The molecule has 3 heterocycles. The second-order valence-corrected chi connectivity index (χ2v) is 9.65. The number of halogens is 1. The molecular weight excluding hydrogens is 472 g/mol. The van der Waals surface area contributed by atoms with E-state index in [4.69, 9.17) is 26.3 Å². The van der Waals surface area contributed by atoms with Gasteiger partial charge >= 0.3 is 5.97 Å². The lowest BCUT2D eigenvalue weighted by atomic mass is 9.81. The fraction of sp³-hybridized carbons (Fsp3) is 0.241. The van der Waals surface area contributed by atoms with E-state index in [0.717, 1.165) is 70.4 Å². The van der Waals surface area contributed by atoms with Crippen molar-refractivity contribution in [1.82, 2.24) is 19.4 Å². The highest BCUT2D eigenvalue weighted by Gasteiger charge is 2.31. The Morgan fingerprint density at radius 3 is 2.53 bits per heavy atom. The summed E-state index contributed by atoms with van der Waals surface area (Å²) >= 11 is 6.62. The zero-order valence-electron chi connectivity index (χ0n) is 19.9. The number of carbonyl (C=O) groups is 1. The highest BCUT2D eigenvalue weighted by atomic mass is 35.5. The lowest BCUT2D eigenvalue weighted by Gasteiger charge is -2.26. The topological polar surface area (TPSA) is 69.4 Å². The SMILES string of the molecule is COC(=O)[C@H]1CC[C@H](c2nc(-c3ccc4ccc(-c5ccccc5)nc4c3)c3c(Cl)nccn32)CC1. The molecule has 0 N–H and O–H groups in total. The maximum atomic E-state index is 12.0. The summed E-state index contributed by atoms with van der Waals surface area (Å²) in [7, 11) is 1.46. The fourth-order valence-corrected chi connectivity index (χ4v) is 5.54. The lowest BCUT2D eigenvalue weighted by molar-refractivity contribution is -0.146. The normalized spacial score (nSPS) is 17.9. The molecule has 6 nitrogen and oxygen atoms in total. The van der Waals surface area contributed by atoms with E-state index in [1.165, 1.54) is 7.11 Å². The monoisotopic (exact) mass is 496 g/mol. The molecule has 0 saturated heterocycles. The third-order valence-corrected chi connectivity index (χ3v) is 7.48. The largest absolute Gasteiger partial charge is 0.469 e. The summed E-state index contributed by atoms with van der Waals surface area (Å²) in [6.45, 7) is 0. The van der Waals surface area contributed by atoms with Gasteiger partial charge in [-0.1, -0.05) is 60.1 Å². The predicted molar refractivity (Wildman–Crippen MR) is 141 cm³/mol. The van der Waals surface area contributed by atoms with Crippen molar-refractivity contribution >= 4 is 34.0 Å². The van der Waals surface area contributed by atoms with E-state index >= 15 is 0 Å². The maximum absolute atomic E-state index is 12.0. The van der Waals surface area contributed by atoms with Crippen LogP contribution in [0.15, 0.2) is 73.1 Å². The third kappa shape index (κ3) is 4.01. The van der Waals surface area contributed by atoms with Crippen LogP contribution in [0.5, 0.6) is 0 Å². The van der Waals surface area contributed by atoms with Gasteiger partial charge in [0.15, 0.2) is 5.15 Å². The molecule has 3 aromatic heterocycles. The van der Waals surface area contributed by atoms with Crippen LogP contribution < -0.4 is 0 Å². The standard InChI is InChI=1S/C29H25ClN4O2/c1-36-29(35)21-10-8-20(9-11-21)28-33-25(26-27(30)31-15-16-34(26)28)22-12-7-19-13-14-23(32-24(19)17-22)18-5-3-2-4-6-18/h2-7,12-17,20-21H,8-11H2,1H3/t20-,21-. The van der Waals surface area contributed by atoms with Crippen LogP contribution in [0, 0.1) is 5.92 Å². The Labute approximate surface area is 213 Å². The molecule has 2 aromatic carbocycles. The Balaban J connectivity index is 1.42. The van der Waals surface area contributed by atoms with Crippen LogP contribution in [0.1, 0.15) is 37.4 Å². The summed E-state index contributed by atoms with van der Waals surface area (Å²) < 4.78 is 7.02. The Morgan fingerprint density at radius 2 is 1.75 bits per heavy atom. The minimum Gasteiger partial charge on any atom is -0.469 e. The first-order chi connectivity index (χ1) is 17.6. The van der Waals surface area contributed by atoms with E-state index < -0.39 is 0 Å². The molecule has 1 fully saturated rings. The van der Waals surface area contributed by atoms with Gasteiger partial charge in [0.2, 0.25) is 0 Å². The van der Waals surface area contributed by atoms with Gasteiger partial charge in [-0.05, 0) is 37.8 Å². The average Bonchev–Trinajstić information content (AvgIpc) is 3.33. The Kier molecular flexibility index (Phi) is 5.89. The lowest BCUT2D eigenvalue weighted by Crippen LogP contribution is -2.23. The van der Waals surface area contributed by atoms with Crippen LogP contribution in [0.4, 0.5) is 0 Å². The summed E-state index contributed by atoms with van der Waals surface area (Å²) in [5, 5.41) is 1.48. The van der Waals surface area contributed by atoms with E-state index in [-0.39, 0.29) is 17.8 Å². The van der Waals surface area contributed by atoms with Crippen molar-refractivity contribution < 1.29 is 9.53 Å². The molecule has 0 spiro atoms. The number of rotatable bonds is 4. The van der Waals surface area contributed by atoms with Crippen molar-refractivity contribution in [2.45, 2.75) is 31.6 Å². The number of imidazole rings is 1. The van der Waals surface area contributed by atoms with Gasteiger partial charge < -0.3 is 4.74 Å². The minimum absolute atomic E-state index is 0.0347. The number of pyridine rings is 1. The van der Waals surface area contributed by atoms with Crippen molar-refractivity contribution in [3.63, 3.8) is 0 Å². The van der Waals surface area contributed by atoms with Crippen molar-refractivity contribution in [2.75, 3.05) is 7.11 Å². The van der Waals surface area contributed by atoms with Gasteiger partial charge in [-0.25, -0.2) is 15.0 Å². The molecule has 7 heteroatoms. The van der Waals surface area contributed by atoms with Crippen molar-refractivity contribution in [1.29, 1.82) is 0 Å². The van der Waals surface area contributed by atoms with Crippen molar-refractivity contribution in [3.8, 4) is 22.5 Å². The number of methoxy groups -OCH3 is 1. The van der Waals surface area contributed by atoms with Crippen LogP contribution in [0.3, 0.4) is 0 Å². The maximum Gasteiger partial charge on any atom is 0.308 e. The number of esters is 1. The Hall–Kier alpha value is -3.77. The fourth-order valence-electron chi connectivity index (χ4n) is 5.30. The van der Waals surface area contributed by atoms with E-state index in [2.05, 4.69) is 45.8 Å². The molecule has 5 aromatic rings. The molecular formula is C29H25ClN4O2. The Bertz CT molecular complexity index is 1570. The molecule has 0 amide bonds. The van der Waals surface area contributed by atoms with Gasteiger partial charge in [0, 0.05) is 34.8 Å². The number of carbonyl (C=O) groups excluding carboxylic acids is 1. The van der Waals surface area contributed by atoms with Crippen molar-refractivity contribution in [2.24, 2.45) is 5.92 Å². The number of fused-ring (bicyclic) bond motifs is 2. The van der Waals surface area contributed by atoms with Gasteiger partial charge in [-0.2, -0.15) is 0 Å². The van der Waals surface area contributed by atoms with Gasteiger partial charge in [0.05, 0.1) is 29.9 Å². The van der Waals surface area contributed by atoms with Gasteiger partial charge in [0.25, 0.3) is 0 Å². The number of hydrogen-bond donors (Lipinski definition) is 0. The summed E-state index contributed by atoms with van der Waals surface area (Å²) in [6.07, 6.45) is 6.96. The number of nitrogens with zero attached hydrogens (tertiary/aromatic N) is 4. The number of ether oxygens (including phenoxy) is 1. The average molecular weight is 497 g/mol. The first kappa shape index (κ1) is 22.7. The molecule has 36 heavy (non-hydrogen) atoms. The van der Waals surface area contributed by atoms with Gasteiger partial charge in [-0.3, -0.25) is 9.20 Å². The smallest absolute Gasteiger partial charge is 0.308 e. The molecule has 180 valence electrons. The van der Waals surface area contributed by atoms with Crippen LogP contribution in [-0.2, 0) is 9.53 Å². The number of hydrogen-bond acceptors (Lipinski definition) is 5. The molecule has 1 aliphatic carbocycles. The molecule has 0 radical (unpaired) electrons. The predicted octanol–water partition coefficient (Wildman–Crippen LogP) is 6.71. The van der Waals surface area contributed by atoms with Crippen LogP contribution in [-0.4, -0.2) is 32.4 Å². The molecule has 0 atom stereocenters. The van der Waals surface area contributed by atoms with Crippen LogP contribution in [0.2, 0.25) is 5.15 Å². The highest BCUT2D eigenvalue weighted by molar-refractivity contribution is 6.33. The number of aromatic nitrogens is 4. The third-order valence-electron chi connectivity index (χ3n) is 7.20. The highest BCUT2D eigenvalue weighted by Crippen LogP contribution is 2.39. The quantitative estimate of drug-likeness (QED) is 0.258. The molecule has 1 aliphatic rings. The summed E-state index contributed by atoms with van der Waals surface area (Å²) in [5.74, 6) is 1.04. The summed E-state index contributed by atoms with van der Waals surface area (Å²) in [6, 6.07) is 20.5. The second kappa shape index (κ2) is 9.36. The van der Waals surface area contributed by atoms with Crippen LogP contribution >= 0.6 is 11.6 Å². The molecule has 0 aliphatic heterocycles. The van der Waals surface area contributed by atoms with E-state index in [1.54, 1.807) is 6.20 Å². The Morgan fingerprint density at radius 1 is 0.972 bits per heavy atom. The minimum atomic E-state index is -0.118. The molecule has 6 rings (SSSR count). The van der Waals surface area contributed by atoms with E-state index in [0.29, 0.717) is 5.15 Å². The van der Waals surface area contributed by atoms with E-state index in [9.17, 15) is 4.79 Å². The zero-order chi connectivity index (χ0) is 24.6. The van der Waals surface area contributed by atoms with Gasteiger partial charge in [0.1, 0.15) is 11.3 Å². The van der Waals surface area contributed by atoms with Crippen molar-refractivity contribution in [3.05, 3.63) is 84.0 Å². The summed E-state index contributed by atoms with van der Waals surface area (Å²) in [4.78, 5) is 26.4. The second-order valence-electron chi connectivity index (χ2n) is 9.30. The zero-order valence-corrected chi connectivity index (χ0v) is 20.7. The van der Waals surface area contributed by atoms with Crippen LogP contribution in [0.25, 0.3) is 38.9 Å². The molecule has 0 unspecified atom stereocenters. The number of benzene rings is 2. The first-order valence-electron chi connectivity index (χ1n) is 12.2. The summed E-state index contributed by atoms with van der Waals surface area (Å²) in [5.41, 5.74) is 5.44. The van der Waals surface area contributed by atoms with Gasteiger partial charge in [-0.15, -0.1) is 0 Å². The molecule has 1 saturated carbocycles.